The topological polar surface area (TPSA) is 72.6 Å². The fourth-order valence-corrected chi connectivity index (χ4v) is 2.53. The summed E-state index contributed by atoms with van der Waals surface area (Å²) in [5, 5.41) is 0. The van der Waals surface area contributed by atoms with Crippen LogP contribution in [0.15, 0.2) is 36.4 Å². The molecule has 2 rings (SSSR count). The summed E-state index contributed by atoms with van der Waals surface area (Å²) < 4.78 is 4.81. The van der Waals surface area contributed by atoms with Gasteiger partial charge in [0.05, 0.1) is 23.9 Å². The number of benzene rings is 2. The number of nitrogens with two attached hydrogens (primary N) is 1. The van der Waals surface area contributed by atoms with Gasteiger partial charge in [-0.3, -0.25) is 4.79 Å². The Labute approximate surface area is 135 Å². The second-order valence-electron chi connectivity index (χ2n) is 5.36. The molecule has 23 heavy (non-hydrogen) atoms. The largest absolute Gasteiger partial charge is 0.465 e. The van der Waals surface area contributed by atoms with E-state index >= 15 is 0 Å². The highest BCUT2D eigenvalue weighted by atomic mass is 16.5. The minimum atomic E-state index is -0.486. The molecule has 1 amide bonds. The van der Waals surface area contributed by atoms with Gasteiger partial charge in [0.2, 0.25) is 0 Å². The normalized spacial score (nSPS) is 10.3. The van der Waals surface area contributed by atoms with Crippen LogP contribution in [0, 0.1) is 13.8 Å². The van der Waals surface area contributed by atoms with Gasteiger partial charge in [0.1, 0.15) is 0 Å². The molecule has 5 nitrogen and oxygen atoms in total. The van der Waals surface area contributed by atoms with E-state index in [1.165, 1.54) is 12.0 Å². The van der Waals surface area contributed by atoms with E-state index in [0.29, 0.717) is 22.5 Å². The zero-order valence-electron chi connectivity index (χ0n) is 13.7. The van der Waals surface area contributed by atoms with Crippen LogP contribution in [0.3, 0.4) is 0 Å². The monoisotopic (exact) mass is 312 g/mol. The van der Waals surface area contributed by atoms with Gasteiger partial charge in [-0.05, 0) is 37.1 Å². The lowest BCUT2D eigenvalue weighted by Crippen LogP contribution is -2.29. The number of hydrogen-bond acceptors (Lipinski definition) is 4. The van der Waals surface area contributed by atoms with Crippen molar-refractivity contribution in [2.24, 2.45) is 0 Å². The van der Waals surface area contributed by atoms with Gasteiger partial charge in [0.15, 0.2) is 0 Å². The number of anilines is 2. The van der Waals surface area contributed by atoms with Gasteiger partial charge in [-0.2, -0.15) is 0 Å². The SMILES string of the molecule is COC(=O)c1cccc(C)c1N(C)C(=O)c1cccc(C)c1N. The number of amides is 1. The Bertz CT molecular complexity index is 769. The number of nitrogens with zero attached hydrogens (tertiary/aromatic N) is 1. The molecule has 2 N–H and O–H groups in total. The molecule has 2 aromatic rings. The predicted octanol–water partition coefficient (Wildman–Crippen LogP) is 2.95. The van der Waals surface area contributed by atoms with Crippen molar-refractivity contribution in [2.45, 2.75) is 13.8 Å². The van der Waals surface area contributed by atoms with Crippen LogP contribution >= 0.6 is 0 Å². The molecule has 0 atom stereocenters. The summed E-state index contributed by atoms with van der Waals surface area (Å²) in [5.74, 6) is -0.758. The summed E-state index contributed by atoms with van der Waals surface area (Å²) in [6.45, 7) is 3.69. The number of ether oxygens (including phenoxy) is 1. The number of aryl methyl sites for hydroxylation is 2. The molecule has 5 heteroatoms. The minimum absolute atomic E-state index is 0.273. The molecule has 2 aromatic carbocycles. The van der Waals surface area contributed by atoms with Crippen LogP contribution in [0.4, 0.5) is 11.4 Å². The zero-order valence-corrected chi connectivity index (χ0v) is 13.7. The lowest BCUT2D eigenvalue weighted by Gasteiger charge is -2.23. The van der Waals surface area contributed by atoms with Crippen molar-refractivity contribution < 1.29 is 14.3 Å². The third kappa shape index (κ3) is 3.04. The Morgan fingerprint density at radius 1 is 1.00 bits per heavy atom. The van der Waals surface area contributed by atoms with Gasteiger partial charge in [-0.15, -0.1) is 0 Å². The van der Waals surface area contributed by atoms with Crippen LogP contribution in [0.1, 0.15) is 31.8 Å². The van der Waals surface area contributed by atoms with Crippen LogP contribution in [-0.4, -0.2) is 26.0 Å². The average Bonchev–Trinajstić information content (AvgIpc) is 2.55. The number of hydrogen-bond donors (Lipinski definition) is 1. The molecule has 0 radical (unpaired) electrons. The molecule has 0 unspecified atom stereocenters. The van der Waals surface area contributed by atoms with Gasteiger partial charge in [-0.1, -0.05) is 24.3 Å². The lowest BCUT2D eigenvalue weighted by molar-refractivity contribution is 0.0601. The Morgan fingerprint density at radius 2 is 1.57 bits per heavy atom. The fourth-order valence-electron chi connectivity index (χ4n) is 2.53. The standard InChI is InChI=1S/C18H20N2O3/c1-11-7-5-9-13(15(11)19)17(21)20(3)16-12(2)8-6-10-14(16)18(22)23-4/h5-10H,19H2,1-4H3. The smallest absolute Gasteiger partial charge is 0.339 e. The summed E-state index contributed by atoms with van der Waals surface area (Å²) in [4.78, 5) is 26.3. The first-order chi connectivity index (χ1) is 10.9. The van der Waals surface area contributed by atoms with Gasteiger partial charge in [0.25, 0.3) is 5.91 Å². The van der Waals surface area contributed by atoms with Gasteiger partial charge < -0.3 is 15.4 Å². The first-order valence-corrected chi connectivity index (χ1v) is 7.19. The lowest BCUT2D eigenvalue weighted by atomic mass is 10.0. The molecular formula is C18H20N2O3. The van der Waals surface area contributed by atoms with Gasteiger partial charge >= 0.3 is 5.97 Å². The molecule has 0 aromatic heterocycles. The van der Waals surface area contributed by atoms with Crippen molar-refractivity contribution >= 4 is 23.3 Å². The quantitative estimate of drug-likeness (QED) is 0.698. The molecule has 0 fully saturated rings. The number of esters is 1. The number of para-hydroxylation sites is 2. The highest BCUT2D eigenvalue weighted by Gasteiger charge is 2.23. The highest BCUT2D eigenvalue weighted by molar-refractivity contribution is 6.12. The Hall–Kier alpha value is -2.82. The Balaban J connectivity index is 2.52. The molecule has 120 valence electrons. The first-order valence-electron chi connectivity index (χ1n) is 7.19. The fraction of sp³-hybridized carbons (Fsp3) is 0.222. The molecule has 0 saturated heterocycles. The molecule has 0 spiro atoms. The Morgan fingerprint density at radius 3 is 2.17 bits per heavy atom. The number of carbonyl (C=O) groups is 2. The summed E-state index contributed by atoms with van der Waals surface area (Å²) in [7, 11) is 2.94. The van der Waals surface area contributed by atoms with E-state index in [0.717, 1.165) is 11.1 Å². The Kier molecular flexibility index (Phi) is 4.69. The van der Waals surface area contributed by atoms with Crippen LogP contribution < -0.4 is 10.6 Å². The van der Waals surface area contributed by atoms with E-state index in [1.54, 1.807) is 31.3 Å². The summed E-state index contributed by atoms with van der Waals surface area (Å²) >= 11 is 0. The van der Waals surface area contributed by atoms with Crippen molar-refractivity contribution in [3.63, 3.8) is 0 Å². The first kappa shape index (κ1) is 16.5. The maximum absolute atomic E-state index is 12.8. The van der Waals surface area contributed by atoms with E-state index in [4.69, 9.17) is 10.5 Å². The van der Waals surface area contributed by atoms with E-state index in [1.807, 2.05) is 26.0 Å². The molecule has 0 heterocycles. The number of nitrogen functional groups attached to an aromatic ring is 1. The second-order valence-corrected chi connectivity index (χ2v) is 5.36. The summed E-state index contributed by atoms with van der Waals surface area (Å²) in [6.07, 6.45) is 0. The van der Waals surface area contributed by atoms with Crippen LogP contribution in [-0.2, 0) is 4.74 Å². The van der Waals surface area contributed by atoms with Crippen molar-refractivity contribution in [3.8, 4) is 0 Å². The van der Waals surface area contributed by atoms with Crippen LogP contribution in [0.25, 0.3) is 0 Å². The molecule has 0 aliphatic heterocycles. The molecule has 0 aliphatic rings. The maximum atomic E-state index is 12.8. The number of rotatable bonds is 3. The van der Waals surface area contributed by atoms with Crippen molar-refractivity contribution in [1.29, 1.82) is 0 Å². The van der Waals surface area contributed by atoms with E-state index in [-0.39, 0.29) is 5.91 Å². The van der Waals surface area contributed by atoms with Crippen molar-refractivity contribution in [3.05, 3.63) is 58.7 Å². The van der Waals surface area contributed by atoms with Gasteiger partial charge in [0, 0.05) is 12.7 Å². The van der Waals surface area contributed by atoms with Gasteiger partial charge in [-0.25, -0.2) is 4.79 Å². The average molecular weight is 312 g/mol. The number of methoxy groups -OCH3 is 1. The maximum Gasteiger partial charge on any atom is 0.339 e. The van der Waals surface area contributed by atoms with E-state index in [9.17, 15) is 9.59 Å². The zero-order chi connectivity index (χ0) is 17.1. The predicted molar refractivity (Wildman–Crippen MR) is 90.8 cm³/mol. The molecule has 0 saturated carbocycles. The van der Waals surface area contributed by atoms with E-state index in [2.05, 4.69) is 0 Å². The minimum Gasteiger partial charge on any atom is -0.465 e. The van der Waals surface area contributed by atoms with Crippen LogP contribution in [0.2, 0.25) is 0 Å². The van der Waals surface area contributed by atoms with Crippen molar-refractivity contribution in [1.82, 2.24) is 0 Å². The third-order valence-corrected chi connectivity index (χ3v) is 3.84. The molecular weight excluding hydrogens is 292 g/mol. The highest BCUT2D eigenvalue weighted by Crippen LogP contribution is 2.28. The second kappa shape index (κ2) is 6.52. The number of carbonyl (C=O) groups excluding carboxylic acids is 2. The molecule has 0 aliphatic carbocycles. The van der Waals surface area contributed by atoms with Crippen molar-refractivity contribution in [2.75, 3.05) is 24.8 Å². The third-order valence-electron chi connectivity index (χ3n) is 3.84. The summed E-state index contributed by atoms with van der Waals surface area (Å²) in [6, 6.07) is 10.5. The van der Waals surface area contributed by atoms with E-state index < -0.39 is 5.97 Å². The van der Waals surface area contributed by atoms with Crippen LogP contribution in [0.5, 0.6) is 0 Å². The molecule has 0 bridgehead atoms. The summed E-state index contributed by atoms with van der Waals surface area (Å²) in [5.41, 5.74) is 9.37.